The van der Waals surface area contributed by atoms with Crippen molar-refractivity contribution in [2.24, 2.45) is 0 Å². The highest BCUT2D eigenvalue weighted by molar-refractivity contribution is 5.95. The second-order valence-corrected chi connectivity index (χ2v) is 9.53. The van der Waals surface area contributed by atoms with Crippen LogP contribution in [-0.2, 0) is 0 Å². The number of ether oxygens (including phenoxy) is 1. The Morgan fingerprint density at radius 2 is 1.34 bits per heavy atom. The first-order valence-electron chi connectivity index (χ1n) is 12.9. The van der Waals surface area contributed by atoms with Crippen molar-refractivity contribution in [1.29, 1.82) is 0 Å². The molecule has 1 heterocycles. The lowest BCUT2D eigenvalue weighted by atomic mass is 9.93. The molecule has 1 aliphatic rings. The molecule has 5 nitrogen and oxygen atoms in total. The van der Waals surface area contributed by atoms with E-state index in [-0.39, 0.29) is 6.03 Å². The van der Waals surface area contributed by atoms with Crippen LogP contribution in [-0.4, -0.2) is 44.2 Å². The highest BCUT2D eigenvalue weighted by Gasteiger charge is 2.24. The van der Waals surface area contributed by atoms with Crippen LogP contribution in [0.1, 0.15) is 12.5 Å². The van der Waals surface area contributed by atoms with Crippen molar-refractivity contribution in [2.75, 3.05) is 43.5 Å². The Balaban J connectivity index is 1.38. The number of hydrogen-bond donors (Lipinski definition) is 1. The number of allylic oxidation sites excluding steroid dienone is 1. The summed E-state index contributed by atoms with van der Waals surface area (Å²) < 4.78 is 5.75. The standard InChI is InChI=1S/C33H33N3O2/c1-24(2)27-16-10-11-17-31(27)35-18-20-36(21-19-35)33(37)34-30-22-28(25-12-6-4-7-13-25)29(23-32(30)38-3)26-14-8-5-9-15-26/h4-17,22-23H,1,18-21H2,2-3H3,(H,34,37). The molecule has 1 saturated heterocycles. The molecule has 0 aromatic heterocycles. The van der Waals surface area contributed by atoms with E-state index >= 15 is 0 Å². The maximum Gasteiger partial charge on any atom is 0.322 e. The minimum absolute atomic E-state index is 0.123. The van der Waals surface area contributed by atoms with Crippen molar-refractivity contribution in [1.82, 2.24) is 4.90 Å². The van der Waals surface area contributed by atoms with Gasteiger partial charge in [0.1, 0.15) is 5.75 Å². The zero-order valence-corrected chi connectivity index (χ0v) is 22.0. The van der Waals surface area contributed by atoms with Crippen LogP contribution in [0.15, 0.2) is 104 Å². The van der Waals surface area contributed by atoms with Gasteiger partial charge in [-0.1, -0.05) is 85.4 Å². The Morgan fingerprint density at radius 1 is 0.789 bits per heavy atom. The fourth-order valence-corrected chi connectivity index (χ4v) is 5.01. The van der Waals surface area contributed by atoms with Crippen LogP contribution in [0, 0.1) is 0 Å². The summed E-state index contributed by atoms with van der Waals surface area (Å²) in [5.74, 6) is 0.630. The summed E-state index contributed by atoms with van der Waals surface area (Å²) in [5, 5.41) is 3.13. The summed E-state index contributed by atoms with van der Waals surface area (Å²) in [4.78, 5) is 17.6. The molecule has 5 heteroatoms. The number of urea groups is 1. The van der Waals surface area contributed by atoms with Crippen molar-refractivity contribution in [3.05, 3.63) is 109 Å². The summed E-state index contributed by atoms with van der Waals surface area (Å²) in [5.41, 5.74) is 8.29. The highest BCUT2D eigenvalue weighted by atomic mass is 16.5. The van der Waals surface area contributed by atoms with E-state index in [1.165, 1.54) is 5.69 Å². The van der Waals surface area contributed by atoms with E-state index in [0.29, 0.717) is 24.5 Å². The van der Waals surface area contributed by atoms with Crippen LogP contribution in [0.3, 0.4) is 0 Å². The van der Waals surface area contributed by atoms with Gasteiger partial charge in [0.05, 0.1) is 12.8 Å². The highest BCUT2D eigenvalue weighted by Crippen LogP contribution is 2.40. The number of anilines is 2. The third-order valence-corrected chi connectivity index (χ3v) is 7.02. The predicted octanol–water partition coefficient (Wildman–Crippen LogP) is 7.42. The molecule has 0 aliphatic carbocycles. The lowest BCUT2D eigenvalue weighted by molar-refractivity contribution is 0.208. The number of nitrogens with one attached hydrogen (secondary N) is 1. The molecule has 38 heavy (non-hydrogen) atoms. The minimum Gasteiger partial charge on any atom is -0.495 e. The number of carbonyl (C=O) groups is 1. The molecular weight excluding hydrogens is 470 g/mol. The SMILES string of the molecule is C=C(C)c1ccccc1N1CCN(C(=O)Nc2cc(-c3ccccc3)c(-c3ccccc3)cc2OC)CC1. The van der Waals surface area contributed by atoms with E-state index in [1.54, 1.807) is 7.11 Å². The van der Waals surface area contributed by atoms with Gasteiger partial charge in [-0.15, -0.1) is 0 Å². The van der Waals surface area contributed by atoms with Crippen LogP contribution < -0.4 is 15.0 Å². The molecule has 4 aromatic rings. The average Bonchev–Trinajstić information content (AvgIpc) is 2.98. The third-order valence-electron chi connectivity index (χ3n) is 7.02. The zero-order valence-electron chi connectivity index (χ0n) is 22.0. The molecule has 1 aliphatic heterocycles. The van der Waals surface area contributed by atoms with Crippen LogP contribution in [0.4, 0.5) is 16.2 Å². The fraction of sp³-hybridized carbons (Fsp3) is 0.182. The van der Waals surface area contributed by atoms with Crippen molar-refractivity contribution in [2.45, 2.75) is 6.92 Å². The molecule has 2 amide bonds. The number of rotatable bonds is 6. The van der Waals surface area contributed by atoms with Gasteiger partial charge in [-0.25, -0.2) is 4.79 Å². The van der Waals surface area contributed by atoms with E-state index in [0.717, 1.165) is 46.5 Å². The number of nitrogens with zero attached hydrogens (tertiary/aromatic N) is 2. The van der Waals surface area contributed by atoms with Gasteiger partial charge in [-0.3, -0.25) is 0 Å². The first-order valence-corrected chi connectivity index (χ1v) is 12.9. The molecular formula is C33H33N3O2. The Kier molecular flexibility index (Phi) is 7.45. The molecule has 0 saturated carbocycles. The monoisotopic (exact) mass is 503 g/mol. The summed E-state index contributed by atoms with van der Waals surface area (Å²) in [6.45, 7) is 8.94. The van der Waals surface area contributed by atoms with Crippen LogP contribution in [0.5, 0.6) is 5.75 Å². The smallest absolute Gasteiger partial charge is 0.322 e. The molecule has 0 spiro atoms. The van der Waals surface area contributed by atoms with E-state index in [1.807, 2.05) is 66.4 Å². The molecule has 5 rings (SSSR count). The van der Waals surface area contributed by atoms with Gasteiger partial charge in [0.15, 0.2) is 0 Å². The van der Waals surface area contributed by atoms with Gasteiger partial charge in [0, 0.05) is 37.4 Å². The van der Waals surface area contributed by atoms with Crippen LogP contribution >= 0.6 is 0 Å². The number of carbonyl (C=O) groups excluding carboxylic acids is 1. The molecule has 0 bridgehead atoms. The minimum atomic E-state index is -0.123. The first-order chi connectivity index (χ1) is 18.5. The fourth-order valence-electron chi connectivity index (χ4n) is 5.01. The maximum absolute atomic E-state index is 13.4. The largest absolute Gasteiger partial charge is 0.495 e. The average molecular weight is 504 g/mol. The van der Waals surface area contributed by atoms with E-state index in [4.69, 9.17) is 4.74 Å². The van der Waals surface area contributed by atoms with Gasteiger partial charge < -0.3 is 19.9 Å². The van der Waals surface area contributed by atoms with E-state index < -0.39 is 0 Å². The van der Waals surface area contributed by atoms with Gasteiger partial charge in [-0.05, 0) is 52.9 Å². The third kappa shape index (κ3) is 5.28. The number of amides is 2. The zero-order chi connectivity index (χ0) is 26.5. The number of benzene rings is 4. The maximum atomic E-state index is 13.4. The van der Waals surface area contributed by atoms with Gasteiger partial charge in [0.2, 0.25) is 0 Å². The molecule has 192 valence electrons. The summed E-state index contributed by atoms with van der Waals surface area (Å²) in [6, 6.07) is 32.7. The van der Waals surface area contributed by atoms with Crippen molar-refractivity contribution in [3.63, 3.8) is 0 Å². The summed E-state index contributed by atoms with van der Waals surface area (Å²) in [6.07, 6.45) is 0. The van der Waals surface area contributed by atoms with Crippen molar-refractivity contribution < 1.29 is 9.53 Å². The number of methoxy groups -OCH3 is 1. The first kappa shape index (κ1) is 25.2. The van der Waals surface area contributed by atoms with Crippen LogP contribution in [0.2, 0.25) is 0 Å². The van der Waals surface area contributed by atoms with Crippen molar-refractivity contribution >= 4 is 23.0 Å². The number of piperazine rings is 1. The number of para-hydroxylation sites is 1. The quantitative estimate of drug-likeness (QED) is 0.298. The normalized spacial score (nSPS) is 13.2. The Hall–Kier alpha value is -4.51. The summed E-state index contributed by atoms with van der Waals surface area (Å²) >= 11 is 0. The molecule has 4 aromatic carbocycles. The molecule has 0 radical (unpaired) electrons. The van der Waals surface area contributed by atoms with Gasteiger partial charge in [0.25, 0.3) is 0 Å². The topological polar surface area (TPSA) is 44.8 Å². The lowest BCUT2D eigenvalue weighted by Crippen LogP contribution is -2.50. The Labute approximate surface area is 225 Å². The number of hydrogen-bond acceptors (Lipinski definition) is 3. The Bertz CT molecular complexity index is 1430. The van der Waals surface area contributed by atoms with Crippen LogP contribution in [0.25, 0.3) is 27.8 Å². The van der Waals surface area contributed by atoms with E-state index in [2.05, 4.69) is 59.3 Å². The predicted molar refractivity (Wildman–Crippen MR) is 158 cm³/mol. The molecule has 1 fully saturated rings. The van der Waals surface area contributed by atoms with E-state index in [9.17, 15) is 4.79 Å². The molecule has 0 atom stereocenters. The Morgan fingerprint density at radius 3 is 1.92 bits per heavy atom. The van der Waals surface area contributed by atoms with Gasteiger partial charge >= 0.3 is 6.03 Å². The van der Waals surface area contributed by atoms with Gasteiger partial charge in [-0.2, -0.15) is 0 Å². The van der Waals surface area contributed by atoms with Crippen molar-refractivity contribution in [3.8, 4) is 28.0 Å². The molecule has 0 unspecified atom stereocenters. The summed E-state index contributed by atoms with van der Waals surface area (Å²) in [7, 11) is 1.64. The lowest BCUT2D eigenvalue weighted by Gasteiger charge is -2.37. The molecule has 1 N–H and O–H groups in total. The second-order valence-electron chi connectivity index (χ2n) is 9.53. The second kappa shape index (κ2) is 11.3.